The quantitative estimate of drug-likeness (QED) is 0.810. The molecule has 0 aliphatic heterocycles. The Morgan fingerprint density at radius 1 is 1.35 bits per heavy atom. The Bertz CT molecular complexity index is 554. The molecule has 0 amide bonds. The van der Waals surface area contributed by atoms with Gasteiger partial charge >= 0.3 is 0 Å². The lowest BCUT2D eigenvalue weighted by molar-refractivity contribution is 1.24. The second-order valence-electron chi connectivity index (χ2n) is 3.65. The predicted molar refractivity (Wildman–Crippen MR) is 72.4 cm³/mol. The van der Waals surface area contributed by atoms with Gasteiger partial charge in [0.05, 0.1) is 17.6 Å². The van der Waals surface area contributed by atoms with Crippen LogP contribution in [0.3, 0.4) is 0 Å². The van der Waals surface area contributed by atoms with Gasteiger partial charge in [0.2, 0.25) is 0 Å². The second-order valence-corrected chi connectivity index (χ2v) is 4.09. The molecule has 0 aliphatic carbocycles. The largest absolute Gasteiger partial charge is 0.388 e. The highest BCUT2D eigenvalue weighted by Crippen LogP contribution is 2.14. The zero-order valence-corrected chi connectivity index (χ0v) is 10.2. The Morgan fingerprint density at radius 3 is 2.88 bits per heavy atom. The van der Waals surface area contributed by atoms with Crippen molar-refractivity contribution in [2.24, 2.45) is 5.73 Å². The van der Waals surface area contributed by atoms with Gasteiger partial charge in [0.25, 0.3) is 0 Å². The number of thiocarbonyl (C=S) groups is 1. The molecule has 5 heteroatoms. The third-order valence-corrected chi connectivity index (χ3v) is 2.36. The molecule has 0 spiro atoms. The predicted octanol–water partition coefficient (Wildman–Crippen LogP) is 2.16. The van der Waals surface area contributed by atoms with Crippen LogP contribution >= 0.6 is 12.2 Å². The summed E-state index contributed by atoms with van der Waals surface area (Å²) in [6.45, 7) is 1.98. The summed E-state index contributed by atoms with van der Waals surface area (Å²) >= 11 is 4.88. The van der Waals surface area contributed by atoms with Gasteiger partial charge in [-0.2, -0.15) is 0 Å². The molecule has 0 saturated heterocycles. The van der Waals surface area contributed by atoms with Crippen LogP contribution < -0.4 is 11.1 Å². The van der Waals surface area contributed by atoms with E-state index in [4.69, 9.17) is 18.0 Å². The van der Waals surface area contributed by atoms with E-state index in [0.29, 0.717) is 11.5 Å². The van der Waals surface area contributed by atoms with Gasteiger partial charge in [-0.1, -0.05) is 18.3 Å². The normalized spacial score (nSPS) is 9.94. The maximum atomic E-state index is 5.53. The number of hydrogen-bond donors (Lipinski definition) is 2. The van der Waals surface area contributed by atoms with Gasteiger partial charge in [-0.05, 0) is 30.7 Å². The fourth-order valence-corrected chi connectivity index (χ4v) is 1.53. The van der Waals surface area contributed by atoms with Crippen molar-refractivity contribution in [1.29, 1.82) is 0 Å². The van der Waals surface area contributed by atoms with Crippen LogP contribution in [0.2, 0.25) is 0 Å². The van der Waals surface area contributed by atoms with Crippen molar-refractivity contribution in [3.63, 3.8) is 0 Å². The summed E-state index contributed by atoms with van der Waals surface area (Å²) in [4.78, 5) is 8.68. The summed E-state index contributed by atoms with van der Waals surface area (Å²) in [5.74, 6) is 0.697. The molecule has 0 aromatic carbocycles. The minimum Gasteiger partial charge on any atom is -0.388 e. The molecule has 86 valence electrons. The molecule has 2 rings (SSSR count). The number of nitrogens with two attached hydrogens (primary N) is 1. The van der Waals surface area contributed by atoms with Crippen molar-refractivity contribution in [3.8, 4) is 0 Å². The number of aryl methyl sites for hydroxylation is 1. The fraction of sp³-hybridized carbons (Fsp3) is 0.0833. The average Bonchev–Trinajstić information content (AvgIpc) is 2.29. The molecule has 0 saturated carbocycles. The highest BCUT2D eigenvalue weighted by atomic mass is 32.1. The molecule has 2 aromatic rings. The van der Waals surface area contributed by atoms with E-state index in [1.54, 1.807) is 18.5 Å². The van der Waals surface area contributed by atoms with Crippen LogP contribution in [0.4, 0.5) is 11.5 Å². The topological polar surface area (TPSA) is 63.8 Å². The lowest BCUT2D eigenvalue weighted by Gasteiger charge is -2.06. The summed E-state index contributed by atoms with van der Waals surface area (Å²) < 4.78 is 0. The van der Waals surface area contributed by atoms with Crippen molar-refractivity contribution in [3.05, 3.63) is 47.9 Å². The van der Waals surface area contributed by atoms with Crippen LogP contribution in [0, 0.1) is 6.92 Å². The second kappa shape index (κ2) is 4.88. The first-order valence-corrected chi connectivity index (χ1v) is 5.51. The van der Waals surface area contributed by atoms with E-state index < -0.39 is 0 Å². The molecule has 2 aromatic heterocycles. The van der Waals surface area contributed by atoms with Crippen molar-refractivity contribution in [2.45, 2.75) is 6.92 Å². The van der Waals surface area contributed by atoms with Crippen LogP contribution in [0.1, 0.15) is 11.3 Å². The van der Waals surface area contributed by atoms with Gasteiger partial charge in [-0.25, -0.2) is 4.98 Å². The van der Waals surface area contributed by atoms with E-state index in [0.717, 1.165) is 11.3 Å². The molecule has 2 heterocycles. The minimum absolute atomic E-state index is 0.288. The molecule has 3 N–H and O–H groups in total. The Balaban J connectivity index is 2.24. The summed E-state index contributed by atoms with van der Waals surface area (Å²) in [6.07, 6.45) is 3.53. The summed E-state index contributed by atoms with van der Waals surface area (Å²) in [5.41, 5.74) is 8.10. The Labute approximate surface area is 105 Å². The molecular weight excluding hydrogens is 232 g/mol. The molecule has 17 heavy (non-hydrogen) atoms. The van der Waals surface area contributed by atoms with Crippen LogP contribution in [0.15, 0.2) is 36.7 Å². The van der Waals surface area contributed by atoms with E-state index in [1.165, 1.54) is 0 Å². The number of anilines is 2. The third kappa shape index (κ3) is 2.98. The number of nitrogens with zero attached hydrogens (tertiary/aromatic N) is 2. The lowest BCUT2D eigenvalue weighted by atomic mass is 10.3. The lowest BCUT2D eigenvalue weighted by Crippen LogP contribution is -2.12. The van der Waals surface area contributed by atoms with Gasteiger partial charge in [0.15, 0.2) is 0 Å². The standard InChI is InChI=1S/C12H12N4S/c1-8-5-9(7-14-6-8)15-11-4-2-3-10(16-11)12(13)17/h2-7H,1H3,(H2,13,17)(H,15,16). The third-order valence-electron chi connectivity index (χ3n) is 2.15. The molecule has 0 unspecified atom stereocenters. The summed E-state index contributed by atoms with van der Waals surface area (Å²) in [7, 11) is 0. The molecule has 0 aliphatic rings. The van der Waals surface area contributed by atoms with E-state index in [-0.39, 0.29) is 4.99 Å². The fourth-order valence-electron chi connectivity index (χ4n) is 1.41. The minimum atomic E-state index is 0.288. The smallest absolute Gasteiger partial charge is 0.131 e. The van der Waals surface area contributed by atoms with Gasteiger partial charge in [0.1, 0.15) is 10.8 Å². The molecule has 0 fully saturated rings. The van der Waals surface area contributed by atoms with Gasteiger partial charge < -0.3 is 11.1 Å². The van der Waals surface area contributed by atoms with Gasteiger partial charge in [-0.3, -0.25) is 4.98 Å². The Morgan fingerprint density at radius 2 is 2.18 bits per heavy atom. The highest BCUT2D eigenvalue weighted by molar-refractivity contribution is 7.80. The summed E-state index contributed by atoms with van der Waals surface area (Å²) in [5, 5.41) is 3.15. The molecule has 0 radical (unpaired) electrons. The molecular formula is C12H12N4S. The maximum absolute atomic E-state index is 5.53. The maximum Gasteiger partial charge on any atom is 0.131 e. The first-order chi connectivity index (χ1) is 8.15. The van der Waals surface area contributed by atoms with E-state index >= 15 is 0 Å². The van der Waals surface area contributed by atoms with Gasteiger partial charge in [0, 0.05) is 6.20 Å². The van der Waals surface area contributed by atoms with E-state index in [1.807, 2.05) is 25.1 Å². The zero-order chi connectivity index (χ0) is 12.3. The van der Waals surface area contributed by atoms with E-state index in [2.05, 4.69) is 15.3 Å². The van der Waals surface area contributed by atoms with Crippen molar-refractivity contribution in [2.75, 3.05) is 5.32 Å². The van der Waals surface area contributed by atoms with Crippen molar-refractivity contribution in [1.82, 2.24) is 9.97 Å². The zero-order valence-electron chi connectivity index (χ0n) is 9.34. The van der Waals surface area contributed by atoms with Crippen LogP contribution in [-0.4, -0.2) is 15.0 Å². The number of aromatic nitrogens is 2. The first kappa shape index (κ1) is 11.5. The first-order valence-electron chi connectivity index (χ1n) is 5.11. The average molecular weight is 244 g/mol. The number of pyridine rings is 2. The molecule has 0 bridgehead atoms. The number of nitrogens with one attached hydrogen (secondary N) is 1. The highest BCUT2D eigenvalue weighted by Gasteiger charge is 2.01. The number of rotatable bonds is 3. The summed E-state index contributed by atoms with van der Waals surface area (Å²) in [6, 6.07) is 7.47. The number of hydrogen-bond acceptors (Lipinski definition) is 4. The van der Waals surface area contributed by atoms with Crippen molar-refractivity contribution >= 4 is 28.7 Å². The van der Waals surface area contributed by atoms with E-state index in [9.17, 15) is 0 Å². The van der Waals surface area contributed by atoms with Crippen LogP contribution in [-0.2, 0) is 0 Å². The van der Waals surface area contributed by atoms with Gasteiger partial charge in [-0.15, -0.1) is 0 Å². The van der Waals surface area contributed by atoms with Crippen LogP contribution in [0.25, 0.3) is 0 Å². The molecule has 4 nitrogen and oxygen atoms in total. The SMILES string of the molecule is Cc1cncc(Nc2cccc(C(N)=S)n2)c1. The van der Waals surface area contributed by atoms with Crippen LogP contribution in [0.5, 0.6) is 0 Å². The Hall–Kier alpha value is -2.01. The molecule has 0 atom stereocenters. The Kier molecular flexibility index (Phi) is 3.30. The van der Waals surface area contributed by atoms with Crippen molar-refractivity contribution < 1.29 is 0 Å². The monoisotopic (exact) mass is 244 g/mol.